The molecule has 0 saturated carbocycles. The van der Waals surface area contributed by atoms with E-state index in [1.807, 2.05) is 0 Å². The van der Waals surface area contributed by atoms with E-state index in [-0.39, 0.29) is 18.0 Å². The molecule has 78 valence electrons. The van der Waals surface area contributed by atoms with Crippen molar-refractivity contribution in [3.8, 4) is 0 Å². The molecule has 1 saturated heterocycles. The molecule has 1 rings (SSSR count). The predicted octanol–water partition coefficient (Wildman–Crippen LogP) is -1.96. The Morgan fingerprint density at radius 2 is 2.43 bits per heavy atom. The van der Waals surface area contributed by atoms with Crippen LogP contribution in [-0.2, 0) is 14.4 Å². The highest BCUT2D eigenvalue weighted by Crippen LogP contribution is 2.16. The molecule has 3 N–H and O–H groups in total. The van der Waals surface area contributed by atoms with Gasteiger partial charge in [-0.15, -0.1) is 11.8 Å². The SMILES string of the molecule is CNC(=O)C1SCC(NC=O)NC1=O. The van der Waals surface area contributed by atoms with E-state index in [2.05, 4.69) is 16.0 Å². The smallest absolute Gasteiger partial charge is 0.244 e. The first-order valence-electron chi connectivity index (χ1n) is 4.02. The second-order valence-corrected chi connectivity index (χ2v) is 3.81. The zero-order valence-electron chi connectivity index (χ0n) is 7.57. The minimum absolute atomic E-state index is 0.322. The van der Waals surface area contributed by atoms with Crippen molar-refractivity contribution in [1.29, 1.82) is 0 Å². The van der Waals surface area contributed by atoms with Crippen LogP contribution in [0.4, 0.5) is 0 Å². The van der Waals surface area contributed by atoms with Gasteiger partial charge in [-0.25, -0.2) is 0 Å². The van der Waals surface area contributed by atoms with Crippen LogP contribution in [0, 0.1) is 0 Å². The third-order valence-electron chi connectivity index (χ3n) is 1.74. The average molecular weight is 217 g/mol. The number of rotatable bonds is 3. The van der Waals surface area contributed by atoms with E-state index in [1.165, 1.54) is 18.8 Å². The molecule has 2 atom stereocenters. The number of thioether (sulfide) groups is 1. The molecule has 0 aliphatic carbocycles. The number of hydrogen-bond acceptors (Lipinski definition) is 4. The molecular weight excluding hydrogens is 206 g/mol. The zero-order chi connectivity index (χ0) is 10.6. The average Bonchev–Trinajstić information content (AvgIpc) is 2.17. The van der Waals surface area contributed by atoms with Crippen molar-refractivity contribution >= 4 is 30.0 Å². The summed E-state index contributed by atoms with van der Waals surface area (Å²) in [5, 5.41) is 6.63. The van der Waals surface area contributed by atoms with Crippen molar-refractivity contribution in [2.24, 2.45) is 0 Å². The predicted molar refractivity (Wildman–Crippen MR) is 51.4 cm³/mol. The van der Waals surface area contributed by atoms with E-state index in [9.17, 15) is 14.4 Å². The summed E-state index contributed by atoms with van der Waals surface area (Å²) in [5.74, 6) is -0.209. The monoisotopic (exact) mass is 217 g/mol. The quantitative estimate of drug-likeness (QED) is 0.378. The van der Waals surface area contributed by atoms with Crippen LogP contribution in [0.15, 0.2) is 0 Å². The summed E-state index contributed by atoms with van der Waals surface area (Å²) in [6.45, 7) is 0. The Morgan fingerprint density at radius 3 is 2.93 bits per heavy atom. The van der Waals surface area contributed by atoms with E-state index < -0.39 is 5.25 Å². The van der Waals surface area contributed by atoms with Gasteiger partial charge in [0, 0.05) is 12.8 Å². The molecule has 1 aliphatic rings. The van der Waals surface area contributed by atoms with Crippen molar-refractivity contribution in [2.75, 3.05) is 12.8 Å². The first-order valence-corrected chi connectivity index (χ1v) is 5.07. The Kier molecular flexibility index (Phi) is 3.75. The first kappa shape index (κ1) is 10.8. The Hall–Kier alpha value is -1.24. The number of carbonyl (C=O) groups is 3. The lowest BCUT2D eigenvalue weighted by Gasteiger charge is -2.27. The molecule has 6 nitrogen and oxygen atoms in total. The third-order valence-corrected chi connectivity index (χ3v) is 3.03. The van der Waals surface area contributed by atoms with Crippen LogP contribution >= 0.6 is 11.8 Å². The Labute approximate surface area is 85.2 Å². The number of amides is 3. The maximum atomic E-state index is 11.3. The van der Waals surface area contributed by atoms with Crippen LogP contribution in [0.1, 0.15) is 0 Å². The summed E-state index contributed by atoms with van der Waals surface area (Å²) in [7, 11) is 1.48. The fourth-order valence-electron chi connectivity index (χ4n) is 1.05. The van der Waals surface area contributed by atoms with Gasteiger partial charge in [0.15, 0.2) is 5.25 Å². The molecule has 0 radical (unpaired) electrons. The van der Waals surface area contributed by atoms with E-state index in [4.69, 9.17) is 0 Å². The fourth-order valence-corrected chi connectivity index (χ4v) is 2.11. The van der Waals surface area contributed by atoms with Gasteiger partial charge in [0.1, 0.15) is 6.17 Å². The lowest BCUT2D eigenvalue weighted by atomic mass is 10.3. The van der Waals surface area contributed by atoms with E-state index >= 15 is 0 Å². The van der Waals surface area contributed by atoms with E-state index in [0.29, 0.717) is 12.2 Å². The maximum Gasteiger partial charge on any atom is 0.244 e. The van der Waals surface area contributed by atoms with Gasteiger partial charge in [-0.05, 0) is 0 Å². The Bertz CT molecular complexity index is 259. The highest BCUT2D eigenvalue weighted by molar-refractivity contribution is 8.01. The Balaban J connectivity index is 2.51. The van der Waals surface area contributed by atoms with Crippen LogP contribution in [0.25, 0.3) is 0 Å². The van der Waals surface area contributed by atoms with Crippen LogP contribution in [0.2, 0.25) is 0 Å². The van der Waals surface area contributed by atoms with E-state index in [0.717, 1.165) is 0 Å². The van der Waals surface area contributed by atoms with Crippen molar-refractivity contribution in [3.05, 3.63) is 0 Å². The minimum atomic E-state index is -0.718. The van der Waals surface area contributed by atoms with Gasteiger partial charge in [-0.3, -0.25) is 14.4 Å². The van der Waals surface area contributed by atoms with Gasteiger partial charge >= 0.3 is 0 Å². The molecule has 2 unspecified atom stereocenters. The van der Waals surface area contributed by atoms with Crippen LogP contribution in [0.3, 0.4) is 0 Å². The fraction of sp³-hybridized carbons (Fsp3) is 0.571. The van der Waals surface area contributed by atoms with Crippen molar-refractivity contribution in [3.63, 3.8) is 0 Å². The second kappa shape index (κ2) is 4.85. The summed E-state index contributed by atoms with van der Waals surface area (Å²) < 4.78 is 0. The molecule has 3 amide bonds. The molecule has 0 aromatic carbocycles. The van der Waals surface area contributed by atoms with Gasteiger partial charge in [0.2, 0.25) is 18.2 Å². The number of nitrogens with one attached hydrogen (secondary N) is 3. The molecule has 0 aromatic heterocycles. The largest absolute Gasteiger partial charge is 0.358 e. The molecule has 0 spiro atoms. The van der Waals surface area contributed by atoms with Gasteiger partial charge in [0.25, 0.3) is 0 Å². The summed E-state index contributed by atoms with van der Waals surface area (Å²) >= 11 is 1.21. The highest BCUT2D eigenvalue weighted by Gasteiger charge is 2.32. The molecule has 1 aliphatic heterocycles. The van der Waals surface area contributed by atoms with Crippen molar-refractivity contribution in [1.82, 2.24) is 16.0 Å². The standard InChI is InChI=1S/C7H11N3O3S/c1-8-6(12)5-7(13)10-4(2-14-5)9-3-11/h3-5H,2H2,1H3,(H,8,12)(H,9,11)(H,10,13). The van der Waals surface area contributed by atoms with Crippen molar-refractivity contribution in [2.45, 2.75) is 11.4 Å². The molecule has 14 heavy (non-hydrogen) atoms. The molecule has 1 heterocycles. The van der Waals surface area contributed by atoms with Crippen LogP contribution in [0.5, 0.6) is 0 Å². The first-order chi connectivity index (χ1) is 6.69. The normalized spacial score (nSPS) is 26.2. The second-order valence-electron chi connectivity index (χ2n) is 2.67. The zero-order valence-corrected chi connectivity index (χ0v) is 8.39. The molecular formula is C7H11N3O3S. The number of carbonyl (C=O) groups excluding carboxylic acids is 3. The highest BCUT2D eigenvalue weighted by atomic mass is 32.2. The molecule has 1 fully saturated rings. The van der Waals surface area contributed by atoms with Crippen LogP contribution in [-0.4, -0.2) is 42.4 Å². The molecule has 0 bridgehead atoms. The Morgan fingerprint density at radius 1 is 1.71 bits per heavy atom. The van der Waals surface area contributed by atoms with Gasteiger partial charge in [0.05, 0.1) is 0 Å². The number of hydrogen-bond donors (Lipinski definition) is 3. The van der Waals surface area contributed by atoms with Gasteiger partial charge < -0.3 is 16.0 Å². The summed E-state index contributed by atoms with van der Waals surface area (Å²) in [4.78, 5) is 32.6. The lowest BCUT2D eigenvalue weighted by molar-refractivity contribution is -0.128. The van der Waals surface area contributed by atoms with Gasteiger partial charge in [-0.1, -0.05) is 0 Å². The van der Waals surface area contributed by atoms with Crippen LogP contribution < -0.4 is 16.0 Å². The topological polar surface area (TPSA) is 87.3 Å². The third kappa shape index (κ3) is 2.38. The maximum absolute atomic E-state index is 11.3. The molecule has 7 heteroatoms. The van der Waals surface area contributed by atoms with E-state index in [1.54, 1.807) is 0 Å². The summed E-state index contributed by atoms with van der Waals surface area (Å²) in [6.07, 6.45) is 0.136. The minimum Gasteiger partial charge on any atom is -0.358 e. The summed E-state index contributed by atoms with van der Waals surface area (Å²) in [5.41, 5.74) is 0. The summed E-state index contributed by atoms with van der Waals surface area (Å²) in [6, 6.07) is 0. The van der Waals surface area contributed by atoms with Gasteiger partial charge in [-0.2, -0.15) is 0 Å². The molecule has 0 aromatic rings. The lowest BCUT2D eigenvalue weighted by Crippen LogP contribution is -2.56. The van der Waals surface area contributed by atoms with Crippen molar-refractivity contribution < 1.29 is 14.4 Å².